The Morgan fingerprint density at radius 1 is 1.15 bits per heavy atom. The Hall–Kier alpha value is -2.08. The third-order valence-electron chi connectivity index (χ3n) is 2.85. The third-order valence-corrected chi connectivity index (χ3v) is 4.76. The zero-order valence-electron chi connectivity index (χ0n) is 11.0. The summed E-state index contributed by atoms with van der Waals surface area (Å²) in [4.78, 5) is 0.0446. The maximum atomic E-state index is 12.9. The molecule has 0 atom stereocenters. The molecule has 0 unspecified atom stereocenters. The van der Waals surface area contributed by atoms with E-state index in [1.54, 1.807) is 31.2 Å². The fourth-order valence-electron chi connectivity index (χ4n) is 1.91. The Morgan fingerprint density at radius 2 is 1.80 bits per heavy atom. The highest BCUT2D eigenvalue weighted by Crippen LogP contribution is 2.25. The second-order valence-electron chi connectivity index (χ2n) is 4.22. The summed E-state index contributed by atoms with van der Waals surface area (Å²) in [6.45, 7) is 1.98. The highest BCUT2D eigenvalue weighted by atomic mass is 32.2. The summed E-state index contributed by atoms with van der Waals surface area (Å²) in [5, 5.41) is 0. The fraction of sp³-hybridized carbons (Fsp3) is 0.143. The molecule has 0 spiro atoms. The van der Waals surface area contributed by atoms with Crippen LogP contribution in [0.4, 0.5) is 15.8 Å². The molecule has 0 aliphatic carbocycles. The fourth-order valence-corrected chi connectivity index (χ4v) is 3.37. The van der Waals surface area contributed by atoms with Crippen LogP contribution in [-0.4, -0.2) is 15.0 Å². The van der Waals surface area contributed by atoms with Gasteiger partial charge in [0.1, 0.15) is 5.82 Å². The molecule has 20 heavy (non-hydrogen) atoms. The van der Waals surface area contributed by atoms with E-state index in [1.807, 2.05) is 0 Å². The minimum Gasteiger partial charge on any atom is -0.399 e. The molecule has 0 fully saturated rings. The lowest BCUT2D eigenvalue weighted by Gasteiger charge is -2.23. The maximum absolute atomic E-state index is 12.9. The third kappa shape index (κ3) is 2.75. The van der Waals surface area contributed by atoms with E-state index in [4.69, 9.17) is 5.73 Å². The van der Waals surface area contributed by atoms with Crippen molar-refractivity contribution >= 4 is 21.4 Å². The molecule has 0 heterocycles. The van der Waals surface area contributed by atoms with Crippen LogP contribution in [0.15, 0.2) is 53.4 Å². The van der Waals surface area contributed by atoms with Crippen molar-refractivity contribution < 1.29 is 12.8 Å². The molecule has 0 amide bonds. The van der Waals surface area contributed by atoms with Gasteiger partial charge in [0.05, 0.1) is 10.6 Å². The minimum atomic E-state index is -3.73. The maximum Gasteiger partial charge on any atom is 0.264 e. The Kier molecular flexibility index (Phi) is 3.94. The number of rotatable bonds is 4. The van der Waals surface area contributed by atoms with Gasteiger partial charge in [0.15, 0.2) is 0 Å². The molecule has 106 valence electrons. The van der Waals surface area contributed by atoms with Gasteiger partial charge < -0.3 is 5.73 Å². The Balaban J connectivity index is 2.47. The first-order chi connectivity index (χ1) is 9.45. The Bertz CT molecular complexity index is 699. The second kappa shape index (κ2) is 5.50. The normalized spacial score (nSPS) is 11.3. The van der Waals surface area contributed by atoms with E-state index in [0.717, 1.165) is 12.1 Å². The number of nitrogens with two attached hydrogens (primary N) is 1. The van der Waals surface area contributed by atoms with Crippen molar-refractivity contribution in [1.29, 1.82) is 0 Å². The molecule has 2 rings (SSSR count). The number of anilines is 2. The van der Waals surface area contributed by atoms with E-state index in [0.29, 0.717) is 11.4 Å². The van der Waals surface area contributed by atoms with Crippen LogP contribution >= 0.6 is 0 Å². The lowest BCUT2D eigenvalue weighted by molar-refractivity contribution is 0.590. The topological polar surface area (TPSA) is 63.4 Å². The van der Waals surface area contributed by atoms with Crippen LogP contribution in [0.25, 0.3) is 0 Å². The summed E-state index contributed by atoms with van der Waals surface area (Å²) in [5.74, 6) is -0.476. The quantitative estimate of drug-likeness (QED) is 0.882. The predicted molar refractivity (Wildman–Crippen MR) is 77.5 cm³/mol. The van der Waals surface area contributed by atoms with Gasteiger partial charge >= 0.3 is 0 Å². The van der Waals surface area contributed by atoms with Gasteiger partial charge in [-0.3, -0.25) is 4.31 Å². The Morgan fingerprint density at radius 3 is 2.35 bits per heavy atom. The van der Waals surface area contributed by atoms with Crippen LogP contribution in [0.3, 0.4) is 0 Å². The van der Waals surface area contributed by atoms with Crippen molar-refractivity contribution in [3.63, 3.8) is 0 Å². The summed E-state index contributed by atoms with van der Waals surface area (Å²) < 4.78 is 39.2. The summed E-state index contributed by atoms with van der Waals surface area (Å²) >= 11 is 0. The molecule has 2 aromatic rings. The van der Waals surface area contributed by atoms with Crippen LogP contribution in [0.5, 0.6) is 0 Å². The average Bonchev–Trinajstić information content (AvgIpc) is 2.40. The van der Waals surface area contributed by atoms with E-state index in [9.17, 15) is 12.8 Å². The number of nitrogens with zero attached hydrogens (tertiary/aromatic N) is 1. The lowest BCUT2D eigenvalue weighted by Crippen LogP contribution is -2.30. The van der Waals surface area contributed by atoms with Crippen LogP contribution in [0.2, 0.25) is 0 Å². The molecule has 0 saturated carbocycles. The molecule has 2 aromatic carbocycles. The van der Waals surface area contributed by atoms with Crippen molar-refractivity contribution in [3.8, 4) is 0 Å². The Labute approximate surface area is 117 Å². The molecule has 0 aliphatic rings. The van der Waals surface area contributed by atoms with Gasteiger partial charge in [0, 0.05) is 12.2 Å². The second-order valence-corrected chi connectivity index (χ2v) is 6.08. The zero-order chi connectivity index (χ0) is 14.8. The molecule has 0 saturated heterocycles. The van der Waals surface area contributed by atoms with Crippen LogP contribution in [-0.2, 0) is 10.0 Å². The van der Waals surface area contributed by atoms with Crippen LogP contribution < -0.4 is 10.0 Å². The van der Waals surface area contributed by atoms with Gasteiger partial charge in [-0.05, 0) is 49.4 Å². The highest BCUT2D eigenvalue weighted by molar-refractivity contribution is 7.92. The smallest absolute Gasteiger partial charge is 0.264 e. The monoisotopic (exact) mass is 294 g/mol. The van der Waals surface area contributed by atoms with Crippen LogP contribution in [0, 0.1) is 5.82 Å². The molecular weight excluding hydrogens is 279 g/mol. The molecule has 4 nitrogen and oxygen atoms in total. The van der Waals surface area contributed by atoms with Crippen molar-refractivity contribution in [3.05, 3.63) is 54.3 Å². The van der Waals surface area contributed by atoms with Crippen molar-refractivity contribution in [1.82, 2.24) is 0 Å². The molecule has 0 radical (unpaired) electrons. The predicted octanol–water partition coefficient (Wildman–Crippen LogP) is 2.62. The standard InChI is InChI=1S/C14H15FN2O2S/c1-2-17(13-5-3-4-12(16)10-13)20(18,19)14-8-6-11(15)7-9-14/h3-10H,2,16H2,1H3. The molecule has 2 N–H and O–H groups in total. The largest absolute Gasteiger partial charge is 0.399 e. The molecule has 6 heteroatoms. The summed E-state index contributed by atoms with van der Waals surface area (Å²) in [5.41, 5.74) is 6.65. The van der Waals surface area contributed by atoms with Gasteiger partial charge in [-0.25, -0.2) is 12.8 Å². The van der Waals surface area contributed by atoms with Crippen molar-refractivity contribution in [2.75, 3.05) is 16.6 Å². The number of hydrogen-bond acceptors (Lipinski definition) is 3. The molecule has 0 aliphatic heterocycles. The van der Waals surface area contributed by atoms with Gasteiger partial charge in [0.2, 0.25) is 0 Å². The first kappa shape index (κ1) is 14.3. The summed E-state index contributed by atoms with van der Waals surface area (Å²) in [6.07, 6.45) is 0. The highest BCUT2D eigenvalue weighted by Gasteiger charge is 2.23. The summed E-state index contributed by atoms with van der Waals surface area (Å²) in [7, 11) is -3.73. The van der Waals surface area contributed by atoms with E-state index in [-0.39, 0.29) is 11.4 Å². The lowest BCUT2D eigenvalue weighted by atomic mass is 10.3. The first-order valence-electron chi connectivity index (χ1n) is 6.09. The molecule has 0 bridgehead atoms. The van der Waals surface area contributed by atoms with E-state index in [1.165, 1.54) is 16.4 Å². The molecule has 0 aromatic heterocycles. The van der Waals surface area contributed by atoms with Gasteiger partial charge in [-0.15, -0.1) is 0 Å². The number of sulfonamides is 1. The van der Waals surface area contributed by atoms with Crippen LogP contribution in [0.1, 0.15) is 6.92 Å². The number of halogens is 1. The zero-order valence-corrected chi connectivity index (χ0v) is 11.8. The van der Waals surface area contributed by atoms with Crippen molar-refractivity contribution in [2.45, 2.75) is 11.8 Å². The summed E-state index contributed by atoms with van der Waals surface area (Å²) in [6, 6.07) is 11.4. The van der Waals surface area contributed by atoms with Gasteiger partial charge in [-0.1, -0.05) is 6.07 Å². The van der Waals surface area contributed by atoms with E-state index in [2.05, 4.69) is 0 Å². The first-order valence-corrected chi connectivity index (χ1v) is 7.53. The minimum absolute atomic E-state index is 0.0446. The van der Waals surface area contributed by atoms with Crippen molar-refractivity contribution in [2.24, 2.45) is 0 Å². The van der Waals surface area contributed by atoms with E-state index >= 15 is 0 Å². The number of nitrogen functional groups attached to an aromatic ring is 1. The number of hydrogen-bond donors (Lipinski definition) is 1. The average molecular weight is 294 g/mol. The number of benzene rings is 2. The molecular formula is C14H15FN2O2S. The van der Waals surface area contributed by atoms with Gasteiger partial charge in [0.25, 0.3) is 10.0 Å². The van der Waals surface area contributed by atoms with Gasteiger partial charge in [-0.2, -0.15) is 0 Å². The SMILES string of the molecule is CCN(c1cccc(N)c1)S(=O)(=O)c1ccc(F)cc1. The van der Waals surface area contributed by atoms with E-state index < -0.39 is 15.8 Å².